The molecule has 0 aromatic rings. The topological polar surface area (TPSA) is 108 Å². The van der Waals surface area contributed by atoms with E-state index >= 15 is 0 Å². The van der Waals surface area contributed by atoms with Gasteiger partial charge in [-0.1, -0.05) is 242 Å². The zero-order valence-corrected chi connectivity index (χ0v) is 49.8. The second-order valence-electron chi connectivity index (χ2n) is 20.6. The lowest BCUT2D eigenvalue weighted by Gasteiger charge is -2.29. The van der Waals surface area contributed by atoms with Gasteiger partial charge in [-0.25, -0.2) is 0 Å². The van der Waals surface area contributed by atoms with Crippen LogP contribution in [-0.2, 0) is 18.4 Å². The van der Waals surface area contributed by atoms with Gasteiger partial charge in [0.05, 0.1) is 39.9 Å². The van der Waals surface area contributed by atoms with Gasteiger partial charge in [0.15, 0.2) is 0 Å². The molecule has 9 heteroatoms. The van der Waals surface area contributed by atoms with Gasteiger partial charge in [-0.05, 0) is 116 Å². The van der Waals surface area contributed by atoms with E-state index in [0.29, 0.717) is 17.4 Å². The van der Waals surface area contributed by atoms with Crippen LogP contribution in [0.4, 0.5) is 0 Å². The van der Waals surface area contributed by atoms with Crippen molar-refractivity contribution < 1.29 is 32.9 Å². The number of phosphoric acid groups is 1. The summed E-state index contributed by atoms with van der Waals surface area (Å²) in [6, 6.07) is -0.920. The molecule has 3 atom stereocenters. The summed E-state index contributed by atoms with van der Waals surface area (Å²) in [5, 5.41) is 13.8. The van der Waals surface area contributed by atoms with Gasteiger partial charge < -0.3 is 28.8 Å². The van der Waals surface area contributed by atoms with Crippen LogP contribution in [0, 0.1) is 0 Å². The Hall–Kier alpha value is -3.88. The number of likely N-dealkylation sites (N-methyl/N-ethyl adjacent to an activating group) is 1. The fraction of sp³-hybridized carbons (Fsp3) is 0.597. The molecule has 430 valence electrons. The number of carbonyl (C=O) groups excluding carboxylic acids is 1. The van der Waals surface area contributed by atoms with Gasteiger partial charge >= 0.3 is 0 Å². The largest absolute Gasteiger partial charge is 0.756 e. The molecular formula is C67H111N2O6P. The zero-order chi connectivity index (χ0) is 55.6. The third kappa shape index (κ3) is 57.8. The van der Waals surface area contributed by atoms with Crippen molar-refractivity contribution in [2.75, 3.05) is 40.9 Å². The molecule has 0 saturated carbocycles. The molecule has 0 aromatic heterocycles. The summed E-state index contributed by atoms with van der Waals surface area (Å²) in [5.74, 6) is -0.227. The van der Waals surface area contributed by atoms with Crippen molar-refractivity contribution in [2.24, 2.45) is 0 Å². The van der Waals surface area contributed by atoms with E-state index in [9.17, 15) is 19.4 Å². The van der Waals surface area contributed by atoms with E-state index in [0.717, 1.165) is 122 Å². The molecule has 0 aromatic carbocycles. The SMILES string of the molecule is CC/C=C\C/C=C\C/C=C\C/C=C\C/C=C\C/C=C\C/C=C\C/C=C\C/C=C\C/C=C\C/C=C\CCCCCCCCCC(=O)NC(COP(=O)([O-])OCC[N+](C)(C)C)C(O)/C=C/CC/C=C/CCCCCCCCC. The Morgan fingerprint density at radius 2 is 0.816 bits per heavy atom. The van der Waals surface area contributed by atoms with Crippen LogP contribution in [0.1, 0.15) is 206 Å². The van der Waals surface area contributed by atoms with Crippen LogP contribution in [0.2, 0.25) is 0 Å². The molecule has 3 unspecified atom stereocenters. The van der Waals surface area contributed by atoms with Crippen molar-refractivity contribution in [2.45, 2.75) is 219 Å². The maximum absolute atomic E-state index is 12.9. The highest BCUT2D eigenvalue weighted by atomic mass is 31.2. The predicted octanol–water partition coefficient (Wildman–Crippen LogP) is 18.0. The van der Waals surface area contributed by atoms with Crippen molar-refractivity contribution in [1.29, 1.82) is 0 Å². The van der Waals surface area contributed by atoms with Crippen LogP contribution in [0.25, 0.3) is 0 Å². The number of hydrogen-bond donors (Lipinski definition) is 2. The second kappa shape index (κ2) is 55.9. The highest BCUT2D eigenvalue weighted by Gasteiger charge is 2.23. The minimum absolute atomic E-state index is 0.0168. The number of rotatable bonds is 52. The lowest BCUT2D eigenvalue weighted by molar-refractivity contribution is -0.870. The quantitative estimate of drug-likeness (QED) is 0.0272. The van der Waals surface area contributed by atoms with E-state index in [1.54, 1.807) is 6.08 Å². The standard InChI is InChI=1S/C67H111N2O6P/c1-6-8-10-12-14-16-18-20-21-22-23-24-25-26-27-28-29-30-31-32-33-34-35-36-37-38-39-40-41-42-43-44-45-46-47-49-51-53-55-57-59-61-67(71)68-65(64-75-76(72,73)74-63-62-69(3,4)5)66(70)60-58-56-54-52-50-48-19-17-15-13-11-9-7-2/h8,10,14,16,20-21,23-24,26-27,29-30,32-33,35-36,38-39,41-42,44-45,50,52,58,60,65-66,70H,6-7,9,11-13,15,17-19,22,25,28,31,34,37,40,43,46-49,51,53-57,59,61-64H2,1-5H3,(H-,68,71,72,73)/b10-8-,16-14-,21-20-,24-23-,27-26-,30-29-,33-32-,36-35-,39-38-,42-41-,45-44-,52-50+,60-58+. The summed E-state index contributed by atoms with van der Waals surface area (Å²) in [4.78, 5) is 25.4. The average molecular weight is 1070 g/mol. The molecule has 0 aliphatic rings. The van der Waals surface area contributed by atoms with Gasteiger partial charge in [-0.3, -0.25) is 9.36 Å². The fourth-order valence-corrected chi connectivity index (χ4v) is 8.31. The number of quaternary nitrogens is 1. The first-order chi connectivity index (χ1) is 37.0. The fourth-order valence-electron chi connectivity index (χ4n) is 7.58. The number of aliphatic hydroxyl groups is 1. The predicted molar refractivity (Wildman–Crippen MR) is 329 cm³/mol. The summed E-state index contributed by atoms with van der Waals surface area (Å²) < 4.78 is 23.3. The third-order valence-corrected chi connectivity index (χ3v) is 13.2. The van der Waals surface area contributed by atoms with Gasteiger partial charge in [0, 0.05) is 6.42 Å². The molecule has 0 spiro atoms. The summed E-state index contributed by atoms with van der Waals surface area (Å²) >= 11 is 0. The molecule has 0 radical (unpaired) electrons. The van der Waals surface area contributed by atoms with Crippen molar-refractivity contribution in [3.8, 4) is 0 Å². The molecule has 2 N–H and O–H groups in total. The first kappa shape index (κ1) is 72.1. The second-order valence-corrected chi connectivity index (χ2v) is 22.0. The first-order valence-electron chi connectivity index (χ1n) is 29.8. The number of unbranched alkanes of at least 4 members (excludes halogenated alkanes) is 15. The van der Waals surface area contributed by atoms with Crippen LogP contribution in [-0.4, -0.2) is 68.5 Å². The maximum Gasteiger partial charge on any atom is 0.268 e. The van der Waals surface area contributed by atoms with Crippen LogP contribution in [0.15, 0.2) is 158 Å². The molecule has 0 bridgehead atoms. The Labute approximate surface area is 467 Å². The monoisotopic (exact) mass is 1070 g/mol. The minimum Gasteiger partial charge on any atom is -0.756 e. The first-order valence-corrected chi connectivity index (χ1v) is 31.3. The van der Waals surface area contributed by atoms with E-state index in [1.165, 1.54) is 64.2 Å². The lowest BCUT2D eigenvalue weighted by Crippen LogP contribution is -2.45. The minimum atomic E-state index is -4.61. The number of allylic oxidation sites excluding steroid dienone is 25. The Morgan fingerprint density at radius 3 is 1.22 bits per heavy atom. The lowest BCUT2D eigenvalue weighted by atomic mass is 10.1. The molecule has 0 aliphatic heterocycles. The summed E-state index contributed by atoms with van der Waals surface area (Å²) in [6.45, 7) is 4.46. The van der Waals surface area contributed by atoms with E-state index in [1.807, 2.05) is 27.2 Å². The summed E-state index contributed by atoms with van der Waals surface area (Å²) in [6.07, 6.45) is 87.6. The number of aliphatic hydroxyl groups excluding tert-OH is 1. The van der Waals surface area contributed by atoms with Crippen molar-refractivity contribution in [3.63, 3.8) is 0 Å². The molecule has 0 fully saturated rings. The van der Waals surface area contributed by atoms with Gasteiger partial charge in [0.25, 0.3) is 7.82 Å². The Bertz CT molecular complexity index is 1790. The van der Waals surface area contributed by atoms with Crippen LogP contribution >= 0.6 is 7.82 Å². The van der Waals surface area contributed by atoms with Crippen LogP contribution < -0.4 is 10.2 Å². The van der Waals surface area contributed by atoms with E-state index in [-0.39, 0.29) is 12.5 Å². The number of nitrogens with one attached hydrogen (secondary N) is 1. The van der Waals surface area contributed by atoms with Crippen molar-refractivity contribution in [3.05, 3.63) is 158 Å². The molecule has 0 heterocycles. The molecule has 0 aliphatic carbocycles. The number of phosphoric ester groups is 1. The number of nitrogens with zero attached hydrogens (tertiary/aromatic N) is 1. The highest BCUT2D eigenvalue weighted by molar-refractivity contribution is 7.45. The number of amides is 1. The molecule has 0 rings (SSSR count). The molecular weight excluding hydrogens is 960 g/mol. The smallest absolute Gasteiger partial charge is 0.268 e. The van der Waals surface area contributed by atoms with Crippen LogP contribution in [0.5, 0.6) is 0 Å². The summed E-state index contributed by atoms with van der Waals surface area (Å²) in [5.41, 5.74) is 0. The molecule has 76 heavy (non-hydrogen) atoms. The van der Waals surface area contributed by atoms with E-state index in [2.05, 4.69) is 165 Å². The van der Waals surface area contributed by atoms with Crippen molar-refractivity contribution >= 4 is 13.7 Å². The third-order valence-electron chi connectivity index (χ3n) is 12.2. The number of carbonyl (C=O) groups is 1. The molecule has 1 amide bonds. The van der Waals surface area contributed by atoms with Gasteiger partial charge in [0.2, 0.25) is 5.91 Å². The van der Waals surface area contributed by atoms with E-state index in [4.69, 9.17) is 9.05 Å². The molecule has 8 nitrogen and oxygen atoms in total. The van der Waals surface area contributed by atoms with Crippen LogP contribution in [0.3, 0.4) is 0 Å². The summed E-state index contributed by atoms with van der Waals surface area (Å²) in [7, 11) is 1.21. The zero-order valence-electron chi connectivity index (χ0n) is 48.9. The molecule has 0 saturated heterocycles. The van der Waals surface area contributed by atoms with Crippen molar-refractivity contribution in [1.82, 2.24) is 5.32 Å². The Morgan fingerprint density at radius 1 is 0.474 bits per heavy atom. The Balaban J connectivity index is 4.16. The van der Waals surface area contributed by atoms with Gasteiger partial charge in [-0.2, -0.15) is 0 Å². The van der Waals surface area contributed by atoms with Gasteiger partial charge in [-0.15, -0.1) is 0 Å². The van der Waals surface area contributed by atoms with E-state index < -0.39 is 26.6 Å². The number of hydrogen-bond acceptors (Lipinski definition) is 6. The maximum atomic E-state index is 12.9. The van der Waals surface area contributed by atoms with Gasteiger partial charge in [0.1, 0.15) is 13.2 Å². The highest BCUT2D eigenvalue weighted by Crippen LogP contribution is 2.38. The Kier molecular flexibility index (Phi) is 53.0. The average Bonchev–Trinajstić information content (AvgIpc) is 3.38. The normalized spacial score (nSPS) is 15.0.